The van der Waals surface area contributed by atoms with E-state index in [1.54, 1.807) is 24.3 Å². The minimum atomic E-state index is -0.323. The van der Waals surface area contributed by atoms with Crippen LogP contribution in [0.25, 0.3) is 11.3 Å². The molecule has 22 heavy (non-hydrogen) atoms. The molecule has 2 aromatic rings. The van der Waals surface area contributed by atoms with Crippen LogP contribution in [0.4, 0.5) is 4.39 Å². The molecular formula is C16H18FNO4. The number of amides is 1. The van der Waals surface area contributed by atoms with Gasteiger partial charge in [0.25, 0.3) is 5.91 Å². The highest BCUT2D eigenvalue weighted by Gasteiger charge is 2.11. The van der Waals surface area contributed by atoms with Crippen LogP contribution in [0.1, 0.15) is 17.0 Å². The lowest BCUT2D eigenvalue weighted by Gasteiger charge is -2.04. The summed E-state index contributed by atoms with van der Waals surface area (Å²) in [6.45, 7) is 1.22. The van der Waals surface area contributed by atoms with Gasteiger partial charge in [0.15, 0.2) is 5.76 Å². The second-order valence-corrected chi connectivity index (χ2v) is 4.62. The van der Waals surface area contributed by atoms with Gasteiger partial charge in [-0.2, -0.15) is 0 Å². The highest BCUT2D eigenvalue weighted by molar-refractivity contribution is 5.92. The van der Waals surface area contributed by atoms with Crippen LogP contribution in [-0.2, 0) is 4.74 Å². The van der Waals surface area contributed by atoms with Crippen molar-refractivity contribution in [2.75, 3.05) is 26.4 Å². The molecule has 0 saturated carbocycles. The number of hydrogen-bond donors (Lipinski definition) is 2. The molecule has 0 saturated heterocycles. The maximum Gasteiger partial charge on any atom is 0.287 e. The molecular weight excluding hydrogens is 289 g/mol. The van der Waals surface area contributed by atoms with Gasteiger partial charge in [-0.1, -0.05) is 0 Å². The summed E-state index contributed by atoms with van der Waals surface area (Å²) in [5.74, 6) is 0.0826. The first kappa shape index (κ1) is 16.2. The number of nitrogens with one attached hydrogen (secondary N) is 1. The first-order chi connectivity index (χ1) is 10.7. The van der Waals surface area contributed by atoms with Gasteiger partial charge in [0.1, 0.15) is 11.6 Å². The smallest absolute Gasteiger partial charge is 0.287 e. The molecule has 0 atom stereocenters. The summed E-state index contributed by atoms with van der Waals surface area (Å²) in [5.41, 5.74) is 0.706. The van der Waals surface area contributed by atoms with Gasteiger partial charge in [-0.05, 0) is 42.8 Å². The van der Waals surface area contributed by atoms with Crippen LogP contribution in [0.5, 0.6) is 0 Å². The molecule has 0 bridgehead atoms. The van der Waals surface area contributed by atoms with Crippen molar-refractivity contribution in [2.45, 2.75) is 6.42 Å². The summed E-state index contributed by atoms with van der Waals surface area (Å²) >= 11 is 0. The number of aliphatic hydroxyl groups is 1. The van der Waals surface area contributed by atoms with Crippen LogP contribution in [0.2, 0.25) is 0 Å². The Bertz CT molecular complexity index is 594. The second-order valence-electron chi connectivity index (χ2n) is 4.62. The maximum atomic E-state index is 12.9. The Balaban J connectivity index is 1.83. The zero-order valence-electron chi connectivity index (χ0n) is 12.0. The van der Waals surface area contributed by atoms with Crippen LogP contribution in [0.3, 0.4) is 0 Å². The van der Waals surface area contributed by atoms with Crippen molar-refractivity contribution in [1.82, 2.24) is 5.32 Å². The quantitative estimate of drug-likeness (QED) is 0.734. The molecule has 1 aromatic carbocycles. The number of rotatable bonds is 8. The monoisotopic (exact) mass is 307 g/mol. The molecule has 1 amide bonds. The molecule has 1 aromatic heterocycles. The summed E-state index contributed by atoms with van der Waals surface area (Å²) < 4.78 is 23.4. The molecule has 2 rings (SSSR count). The predicted octanol–water partition coefficient (Wildman–Crippen LogP) is 2.21. The van der Waals surface area contributed by atoms with Gasteiger partial charge in [0.2, 0.25) is 0 Å². The fourth-order valence-corrected chi connectivity index (χ4v) is 1.86. The number of benzene rings is 1. The SMILES string of the molecule is O=C(NCCCOCCO)c1ccc(-c2ccc(F)cc2)o1. The van der Waals surface area contributed by atoms with Crippen molar-refractivity contribution >= 4 is 5.91 Å². The number of carbonyl (C=O) groups excluding carboxylic acids is 1. The van der Waals surface area contributed by atoms with Gasteiger partial charge in [0.05, 0.1) is 13.2 Å². The molecule has 0 spiro atoms. The average Bonchev–Trinajstić information content (AvgIpc) is 3.01. The molecule has 0 radical (unpaired) electrons. The highest BCUT2D eigenvalue weighted by atomic mass is 19.1. The largest absolute Gasteiger partial charge is 0.451 e. The van der Waals surface area contributed by atoms with E-state index >= 15 is 0 Å². The van der Waals surface area contributed by atoms with E-state index in [2.05, 4.69) is 5.32 Å². The van der Waals surface area contributed by atoms with E-state index < -0.39 is 0 Å². The van der Waals surface area contributed by atoms with E-state index in [1.165, 1.54) is 12.1 Å². The number of furan rings is 1. The average molecular weight is 307 g/mol. The van der Waals surface area contributed by atoms with E-state index in [4.69, 9.17) is 14.3 Å². The van der Waals surface area contributed by atoms with Crippen LogP contribution in [0, 0.1) is 5.82 Å². The van der Waals surface area contributed by atoms with Crippen molar-refractivity contribution in [1.29, 1.82) is 0 Å². The first-order valence-corrected chi connectivity index (χ1v) is 7.03. The van der Waals surface area contributed by atoms with E-state index in [-0.39, 0.29) is 24.1 Å². The molecule has 0 fully saturated rings. The summed E-state index contributed by atoms with van der Waals surface area (Å²) in [5, 5.41) is 11.3. The fourth-order valence-electron chi connectivity index (χ4n) is 1.86. The molecule has 2 N–H and O–H groups in total. The number of ether oxygens (including phenoxy) is 1. The van der Waals surface area contributed by atoms with Crippen LogP contribution < -0.4 is 5.32 Å². The number of hydrogen-bond acceptors (Lipinski definition) is 4. The first-order valence-electron chi connectivity index (χ1n) is 7.03. The van der Waals surface area contributed by atoms with Crippen molar-refractivity contribution < 1.29 is 23.4 Å². The molecule has 0 aliphatic heterocycles. The second kappa shape index (κ2) is 8.31. The zero-order valence-corrected chi connectivity index (χ0v) is 12.0. The minimum absolute atomic E-state index is 0.00901. The van der Waals surface area contributed by atoms with Crippen molar-refractivity contribution in [3.8, 4) is 11.3 Å². The summed E-state index contributed by atoms with van der Waals surface area (Å²) in [4.78, 5) is 11.9. The van der Waals surface area contributed by atoms with Crippen LogP contribution in [0.15, 0.2) is 40.8 Å². The minimum Gasteiger partial charge on any atom is -0.451 e. The van der Waals surface area contributed by atoms with Gasteiger partial charge >= 0.3 is 0 Å². The summed E-state index contributed by atoms with van der Waals surface area (Å²) in [6, 6.07) is 9.11. The molecule has 0 aliphatic carbocycles. The van der Waals surface area contributed by atoms with Crippen LogP contribution in [-0.4, -0.2) is 37.4 Å². The lowest BCUT2D eigenvalue weighted by molar-refractivity contribution is 0.0856. The maximum absolute atomic E-state index is 12.9. The normalized spacial score (nSPS) is 10.6. The third-order valence-corrected chi connectivity index (χ3v) is 2.95. The predicted molar refractivity (Wildman–Crippen MR) is 79.0 cm³/mol. The van der Waals surface area contributed by atoms with Gasteiger partial charge in [-0.25, -0.2) is 4.39 Å². The Morgan fingerprint density at radius 1 is 1.18 bits per heavy atom. The molecule has 1 heterocycles. The molecule has 5 nitrogen and oxygen atoms in total. The number of carbonyl (C=O) groups is 1. The zero-order chi connectivity index (χ0) is 15.8. The van der Waals surface area contributed by atoms with Gasteiger partial charge in [-0.3, -0.25) is 4.79 Å². The van der Waals surface area contributed by atoms with E-state index in [9.17, 15) is 9.18 Å². The van der Waals surface area contributed by atoms with E-state index in [0.29, 0.717) is 37.5 Å². The van der Waals surface area contributed by atoms with Crippen molar-refractivity contribution in [2.24, 2.45) is 0 Å². The van der Waals surface area contributed by atoms with Crippen molar-refractivity contribution in [3.63, 3.8) is 0 Å². The highest BCUT2D eigenvalue weighted by Crippen LogP contribution is 2.22. The van der Waals surface area contributed by atoms with Gasteiger partial charge in [0, 0.05) is 18.7 Å². The van der Waals surface area contributed by atoms with E-state index in [1.807, 2.05) is 0 Å². The topological polar surface area (TPSA) is 71.7 Å². The molecule has 0 aliphatic rings. The lowest BCUT2D eigenvalue weighted by atomic mass is 10.2. The Morgan fingerprint density at radius 3 is 2.68 bits per heavy atom. The Hall–Kier alpha value is -2.18. The van der Waals surface area contributed by atoms with Gasteiger partial charge in [-0.15, -0.1) is 0 Å². The van der Waals surface area contributed by atoms with Crippen molar-refractivity contribution in [3.05, 3.63) is 48.0 Å². The molecule has 0 unspecified atom stereocenters. The Kier molecular flexibility index (Phi) is 6.12. The number of aliphatic hydroxyl groups excluding tert-OH is 1. The molecule has 6 heteroatoms. The number of halogens is 1. The van der Waals surface area contributed by atoms with E-state index in [0.717, 1.165) is 0 Å². The summed E-state index contributed by atoms with van der Waals surface area (Å²) in [7, 11) is 0. The standard InChI is InChI=1S/C16H18FNO4/c17-13-4-2-12(3-5-13)14-6-7-15(22-14)16(20)18-8-1-10-21-11-9-19/h2-7,19H,1,8-11H2,(H,18,20). The Labute approximate surface area is 127 Å². The fraction of sp³-hybridized carbons (Fsp3) is 0.312. The molecule has 118 valence electrons. The summed E-state index contributed by atoms with van der Waals surface area (Å²) in [6.07, 6.45) is 0.650. The third kappa shape index (κ3) is 4.68. The third-order valence-electron chi connectivity index (χ3n) is 2.95. The lowest BCUT2D eigenvalue weighted by Crippen LogP contribution is -2.24. The Morgan fingerprint density at radius 2 is 1.95 bits per heavy atom. The van der Waals surface area contributed by atoms with Crippen LogP contribution >= 0.6 is 0 Å². The van der Waals surface area contributed by atoms with Gasteiger partial charge < -0.3 is 19.6 Å².